The highest BCUT2D eigenvalue weighted by atomic mass is 32.2. The van der Waals surface area contributed by atoms with Crippen molar-refractivity contribution in [3.63, 3.8) is 0 Å². The van der Waals surface area contributed by atoms with Crippen LogP contribution in [0.4, 0.5) is 5.69 Å². The van der Waals surface area contributed by atoms with E-state index in [2.05, 4.69) is 4.98 Å². The molecule has 0 unspecified atom stereocenters. The number of non-ortho nitro benzene ring substituents is 1. The Labute approximate surface area is 174 Å². The molecule has 0 saturated carbocycles. The number of para-hydroxylation sites is 2. The fourth-order valence-electron chi connectivity index (χ4n) is 2.87. The molecule has 0 aliphatic heterocycles. The number of nitro benzene ring substituents is 1. The topological polar surface area (TPSA) is 120 Å². The van der Waals surface area contributed by atoms with Gasteiger partial charge in [0.25, 0.3) is 10.9 Å². The highest BCUT2D eigenvalue weighted by Gasteiger charge is 2.17. The average Bonchev–Trinajstić information content (AvgIpc) is 3.33. The predicted molar refractivity (Wildman–Crippen MR) is 111 cm³/mol. The minimum Gasteiger partial charge on any atom is -0.477 e. The number of nitrogens with zero attached hydrogens (tertiary/aromatic N) is 2. The van der Waals surface area contributed by atoms with Gasteiger partial charge in [0.2, 0.25) is 0 Å². The summed E-state index contributed by atoms with van der Waals surface area (Å²) in [5, 5.41) is 20.7. The van der Waals surface area contributed by atoms with Gasteiger partial charge in [0.05, 0.1) is 4.92 Å². The minimum atomic E-state index is -1.15. The van der Waals surface area contributed by atoms with E-state index in [-0.39, 0.29) is 15.8 Å². The van der Waals surface area contributed by atoms with E-state index >= 15 is 0 Å². The highest BCUT2D eigenvalue weighted by molar-refractivity contribution is 8.03. The van der Waals surface area contributed by atoms with Gasteiger partial charge in [-0.25, -0.2) is 9.78 Å². The third-order valence-corrected chi connectivity index (χ3v) is 5.13. The van der Waals surface area contributed by atoms with Crippen LogP contribution in [-0.4, -0.2) is 21.0 Å². The number of hydrogen-bond donors (Lipinski definition) is 1. The normalized spacial score (nSPS) is 11.7. The number of carboxylic acid groups (broad SMARTS) is 1. The van der Waals surface area contributed by atoms with Gasteiger partial charge in [0, 0.05) is 23.8 Å². The van der Waals surface area contributed by atoms with E-state index in [4.69, 9.17) is 8.83 Å². The lowest BCUT2D eigenvalue weighted by molar-refractivity contribution is -0.384. The number of aliphatic carboxylic acids is 1. The molecule has 0 radical (unpaired) electrons. The molecule has 0 aliphatic rings. The van der Waals surface area contributed by atoms with Crippen LogP contribution in [0.2, 0.25) is 0 Å². The number of rotatable bonds is 6. The van der Waals surface area contributed by atoms with Crippen molar-refractivity contribution in [3.8, 4) is 11.3 Å². The summed E-state index contributed by atoms with van der Waals surface area (Å²) in [4.78, 5) is 26.4. The van der Waals surface area contributed by atoms with Crippen LogP contribution in [0.3, 0.4) is 0 Å². The van der Waals surface area contributed by atoms with Crippen LogP contribution >= 0.6 is 11.8 Å². The Balaban J connectivity index is 1.62. The zero-order chi connectivity index (χ0) is 21.3. The lowest BCUT2D eigenvalue weighted by Crippen LogP contribution is -1.96. The van der Waals surface area contributed by atoms with Gasteiger partial charge in [-0.15, -0.1) is 0 Å². The van der Waals surface area contributed by atoms with Crippen LogP contribution in [0.25, 0.3) is 28.5 Å². The van der Waals surface area contributed by atoms with Crippen molar-refractivity contribution in [2.45, 2.75) is 12.1 Å². The van der Waals surface area contributed by atoms with E-state index in [1.165, 1.54) is 18.2 Å². The lowest BCUT2D eigenvalue weighted by Gasteiger charge is -2.02. The van der Waals surface area contributed by atoms with Crippen molar-refractivity contribution in [1.82, 2.24) is 4.98 Å². The third kappa shape index (κ3) is 3.96. The maximum Gasteiger partial charge on any atom is 0.342 e. The predicted octanol–water partition coefficient (Wildman–Crippen LogP) is 5.52. The second-order valence-corrected chi connectivity index (χ2v) is 7.31. The second-order valence-electron chi connectivity index (χ2n) is 6.32. The molecule has 4 aromatic rings. The number of furan rings is 1. The molecule has 9 heteroatoms. The molecule has 0 atom stereocenters. The molecule has 150 valence electrons. The second kappa shape index (κ2) is 7.88. The van der Waals surface area contributed by atoms with Gasteiger partial charge in [0.15, 0.2) is 5.58 Å². The molecular formula is C21H14N2O6S. The zero-order valence-corrected chi connectivity index (χ0v) is 16.4. The summed E-state index contributed by atoms with van der Waals surface area (Å²) in [5.41, 5.74) is 2.56. The standard InChI is InChI=1S/C21H14N2O6S/c1-12-10-13(23(26)27)6-8-15(12)17-9-7-14(28-17)11-19(20(24)25)30-21-22-16-4-2-3-5-18(16)29-21/h2-11H,1H3,(H,24,25)/b19-11-. The summed E-state index contributed by atoms with van der Waals surface area (Å²) in [6.45, 7) is 1.74. The van der Waals surface area contributed by atoms with E-state index in [0.29, 0.717) is 33.7 Å². The number of nitro groups is 1. The third-order valence-electron chi connectivity index (χ3n) is 4.27. The van der Waals surface area contributed by atoms with Crippen LogP contribution in [0.5, 0.6) is 0 Å². The Morgan fingerprint density at radius 1 is 1.17 bits per heavy atom. The van der Waals surface area contributed by atoms with Crippen molar-refractivity contribution < 1.29 is 23.7 Å². The SMILES string of the molecule is Cc1cc([N+](=O)[O-])ccc1-c1ccc(/C=C(\Sc2nc3ccccc3o2)C(=O)O)o1. The molecule has 0 bridgehead atoms. The van der Waals surface area contributed by atoms with E-state index in [0.717, 1.165) is 11.8 Å². The van der Waals surface area contributed by atoms with Crippen molar-refractivity contribution in [2.75, 3.05) is 0 Å². The Morgan fingerprint density at radius 2 is 1.97 bits per heavy atom. The molecule has 0 fully saturated rings. The first-order valence-corrected chi connectivity index (χ1v) is 9.56. The lowest BCUT2D eigenvalue weighted by atomic mass is 10.1. The average molecular weight is 422 g/mol. The number of oxazole rings is 1. The number of benzene rings is 2. The summed E-state index contributed by atoms with van der Waals surface area (Å²) < 4.78 is 11.3. The van der Waals surface area contributed by atoms with E-state index in [1.54, 1.807) is 43.3 Å². The van der Waals surface area contributed by atoms with Crippen molar-refractivity contribution in [3.05, 3.63) is 80.9 Å². The van der Waals surface area contributed by atoms with Gasteiger partial charge < -0.3 is 13.9 Å². The summed E-state index contributed by atoms with van der Waals surface area (Å²) >= 11 is 0.880. The Hall–Kier alpha value is -3.85. The molecular weight excluding hydrogens is 408 g/mol. The fraction of sp³-hybridized carbons (Fsp3) is 0.0476. The molecule has 2 heterocycles. The summed E-state index contributed by atoms with van der Waals surface area (Å²) in [6.07, 6.45) is 1.38. The molecule has 1 N–H and O–H groups in total. The molecule has 2 aromatic heterocycles. The first-order valence-electron chi connectivity index (χ1n) is 8.74. The van der Waals surface area contributed by atoms with Gasteiger partial charge in [-0.05, 0) is 54.6 Å². The Bertz CT molecular complexity index is 1270. The number of carbonyl (C=O) groups is 1. The van der Waals surface area contributed by atoms with Crippen molar-refractivity contribution >= 4 is 40.6 Å². The molecule has 8 nitrogen and oxygen atoms in total. The van der Waals surface area contributed by atoms with Gasteiger partial charge in [0.1, 0.15) is 21.9 Å². The monoisotopic (exact) mass is 422 g/mol. The number of aromatic nitrogens is 1. The van der Waals surface area contributed by atoms with E-state index < -0.39 is 10.9 Å². The van der Waals surface area contributed by atoms with E-state index in [9.17, 15) is 20.0 Å². The highest BCUT2D eigenvalue weighted by Crippen LogP contribution is 2.33. The molecule has 0 saturated heterocycles. The first-order chi connectivity index (χ1) is 14.4. The smallest absolute Gasteiger partial charge is 0.342 e. The summed E-state index contributed by atoms with van der Waals surface area (Å²) in [5.74, 6) is -0.347. The Morgan fingerprint density at radius 3 is 2.67 bits per heavy atom. The Kier molecular flexibility index (Phi) is 5.11. The van der Waals surface area contributed by atoms with Gasteiger partial charge in [-0.2, -0.15) is 0 Å². The van der Waals surface area contributed by atoms with Gasteiger partial charge in [-0.1, -0.05) is 12.1 Å². The molecule has 0 amide bonds. The molecule has 2 aromatic carbocycles. The number of aryl methyl sites for hydroxylation is 1. The maximum atomic E-state index is 11.7. The number of fused-ring (bicyclic) bond motifs is 1. The van der Waals surface area contributed by atoms with Gasteiger partial charge >= 0.3 is 5.97 Å². The quantitative estimate of drug-likeness (QED) is 0.187. The fourth-order valence-corrected chi connectivity index (χ4v) is 3.59. The zero-order valence-electron chi connectivity index (χ0n) is 15.6. The number of hydrogen-bond acceptors (Lipinski definition) is 7. The van der Waals surface area contributed by atoms with Gasteiger partial charge in [-0.3, -0.25) is 10.1 Å². The van der Waals surface area contributed by atoms with Crippen LogP contribution in [0.1, 0.15) is 11.3 Å². The van der Waals surface area contributed by atoms with Crippen LogP contribution < -0.4 is 0 Å². The number of thioether (sulfide) groups is 1. The largest absolute Gasteiger partial charge is 0.477 e. The van der Waals surface area contributed by atoms with Crippen LogP contribution in [0, 0.1) is 17.0 Å². The van der Waals surface area contributed by atoms with Crippen LogP contribution in [0.15, 0.2) is 73.6 Å². The molecule has 0 aliphatic carbocycles. The minimum absolute atomic E-state index is 0.00850. The molecule has 4 rings (SSSR count). The first kappa shape index (κ1) is 19.5. The maximum absolute atomic E-state index is 11.7. The van der Waals surface area contributed by atoms with Crippen molar-refractivity contribution in [2.24, 2.45) is 0 Å². The summed E-state index contributed by atoms with van der Waals surface area (Å²) in [7, 11) is 0. The summed E-state index contributed by atoms with van der Waals surface area (Å²) in [6, 6.07) is 14.9. The van der Waals surface area contributed by atoms with Crippen molar-refractivity contribution in [1.29, 1.82) is 0 Å². The number of carboxylic acids is 1. The van der Waals surface area contributed by atoms with E-state index in [1.807, 2.05) is 6.07 Å². The van der Waals surface area contributed by atoms with Crippen LogP contribution in [-0.2, 0) is 4.79 Å². The molecule has 0 spiro atoms. The molecule has 30 heavy (non-hydrogen) atoms.